The van der Waals surface area contributed by atoms with Crippen LogP contribution < -0.4 is 15.0 Å². The molecule has 6 nitrogen and oxygen atoms in total. The number of halogens is 2. The molecule has 0 radical (unpaired) electrons. The highest BCUT2D eigenvalue weighted by Crippen LogP contribution is 2.26. The van der Waals surface area contributed by atoms with Crippen LogP contribution in [0.4, 0.5) is 11.5 Å². The Labute approximate surface area is 155 Å². The summed E-state index contributed by atoms with van der Waals surface area (Å²) >= 11 is 11.8. The molecule has 1 aliphatic heterocycles. The predicted octanol–water partition coefficient (Wildman–Crippen LogP) is 3.24. The third-order valence-electron chi connectivity index (χ3n) is 3.63. The first-order valence-electron chi connectivity index (χ1n) is 7.79. The number of benzene rings is 1. The first kappa shape index (κ1) is 17.8. The van der Waals surface area contributed by atoms with Crippen LogP contribution in [0, 0.1) is 0 Å². The van der Waals surface area contributed by atoms with E-state index in [0.717, 1.165) is 18.9 Å². The van der Waals surface area contributed by atoms with E-state index in [2.05, 4.69) is 15.2 Å². The van der Waals surface area contributed by atoms with Gasteiger partial charge in [-0.05, 0) is 24.3 Å². The summed E-state index contributed by atoms with van der Waals surface area (Å²) in [5.74, 6) is 0.923. The maximum atomic E-state index is 12.2. The lowest BCUT2D eigenvalue weighted by Crippen LogP contribution is -2.37. The lowest BCUT2D eigenvalue weighted by Gasteiger charge is -2.29. The average Bonchev–Trinajstić information content (AvgIpc) is 2.64. The van der Waals surface area contributed by atoms with Gasteiger partial charge in [0, 0.05) is 25.4 Å². The summed E-state index contributed by atoms with van der Waals surface area (Å²) < 4.78 is 10.8. The molecule has 2 aromatic rings. The minimum atomic E-state index is -0.284. The number of ether oxygens (including phenoxy) is 2. The SMILES string of the molecule is O=C(COc1ccc(Cl)c(Cl)c1)Nc1cccnc1N1CCOCC1. The summed E-state index contributed by atoms with van der Waals surface area (Å²) in [6.45, 7) is 2.61. The number of nitrogens with one attached hydrogen (secondary N) is 1. The Bertz CT molecular complexity index is 752. The van der Waals surface area contributed by atoms with Crippen LogP contribution in [0.1, 0.15) is 0 Å². The Morgan fingerprint density at radius 3 is 2.80 bits per heavy atom. The number of pyridine rings is 1. The van der Waals surface area contributed by atoms with Crippen molar-refractivity contribution in [1.82, 2.24) is 4.98 Å². The zero-order valence-corrected chi connectivity index (χ0v) is 14.9. The normalized spacial score (nSPS) is 14.2. The van der Waals surface area contributed by atoms with Gasteiger partial charge < -0.3 is 19.7 Å². The van der Waals surface area contributed by atoms with E-state index in [9.17, 15) is 4.79 Å². The molecule has 0 unspecified atom stereocenters. The lowest BCUT2D eigenvalue weighted by molar-refractivity contribution is -0.118. The molecule has 25 heavy (non-hydrogen) atoms. The van der Waals surface area contributed by atoms with Crippen LogP contribution in [0.5, 0.6) is 5.75 Å². The second kappa shape index (κ2) is 8.38. The van der Waals surface area contributed by atoms with Gasteiger partial charge in [-0.15, -0.1) is 0 Å². The van der Waals surface area contributed by atoms with E-state index in [0.29, 0.717) is 34.7 Å². The fourth-order valence-corrected chi connectivity index (χ4v) is 2.71. The van der Waals surface area contributed by atoms with Gasteiger partial charge in [-0.1, -0.05) is 23.2 Å². The monoisotopic (exact) mass is 381 g/mol. The number of anilines is 2. The second-order valence-corrected chi connectivity index (χ2v) is 6.20. The number of carbonyl (C=O) groups is 1. The maximum absolute atomic E-state index is 12.2. The molecule has 2 heterocycles. The number of carbonyl (C=O) groups excluding carboxylic acids is 1. The molecule has 8 heteroatoms. The van der Waals surface area contributed by atoms with Gasteiger partial charge in [-0.3, -0.25) is 4.79 Å². The Kier molecular flexibility index (Phi) is 5.96. The van der Waals surface area contributed by atoms with Crippen LogP contribution >= 0.6 is 23.2 Å². The van der Waals surface area contributed by atoms with Crippen LogP contribution in [0.15, 0.2) is 36.5 Å². The third-order valence-corrected chi connectivity index (χ3v) is 4.37. The van der Waals surface area contributed by atoms with Gasteiger partial charge in [0.15, 0.2) is 12.4 Å². The van der Waals surface area contributed by atoms with Crippen molar-refractivity contribution in [2.24, 2.45) is 0 Å². The van der Waals surface area contributed by atoms with Gasteiger partial charge >= 0.3 is 0 Å². The molecular weight excluding hydrogens is 365 g/mol. The molecule has 1 aliphatic rings. The van der Waals surface area contributed by atoms with Crippen LogP contribution in [-0.2, 0) is 9.53 Å². The molecule has 1 amide bonds. The number of hydrogen-bond donors (Lipinski definition) is 1. The Morgan fingerprint density at radius 2 is 2.04 bits per heavy atom. The van der Waals surface area contributed by atoms with Crippen molar-refractivity contribution in [2.75, 3.05) is 43.1 Å². The van der Waals surface area contributed by atoms with Crippen molar-refractivity contribution in [3.8, 4) is 5.75 Å². The predicted molar refractivity (Wildman–Crippen MR) is 97.9 cm³/mol. The summed E-state index contributed by atoms with van der Waals surface area (Å²) in [4.78, 5) is 18.7. The van der Waals surface area contributed by atoms with Crippen LogP contribution in [0.25, 0.3) is 0 Å². The first-order chi connectivity index (χ1) is 12.1. The molecule has 0 bridgehead atoms. The second-order valence-electron chi connectivity index (χ2n) is 5.39. The number of morpholine rings is 1. The number of rotatable bonds is 5. The Hall–Kier alpha value is -2.02. The van der Waals surface area contributed by atoms with E-state index in [1.807, 2.05) is 6.07 Å². The summed E-state index contributed by atoms with van der Waals surface area (Å²) in [6.07, 6.45) is 1.70. The molecule has 1 aromatic carbocycles. The minimum Gasteiger partial charge on any atom is -0.484 e. The maximum Gasteiger partial charge on any atom is 0.262 e. The van der Waals surface area contributed by atoms with Crippen molar-refractivity contribution in [1.29, 1.82) is 0 Å². The largest absolute Gasteiger partial charge is 0.484 e. The van der Waals surface area contributed by atoms with Crippen molar-refractivity contribution < 1.29 is 14.3 Å². The summed E-state index contributed by atoms with van der Waals surface area (Å²) in [7, 11) is 0. The average molecular weight is 382 g/mol. The smallest absolute Gasteiger partial charge is 0.262 e. The summed E-state index contributed by atoms with van der Waals surface area (Å²) in [5.41, 5.74) is 0.645. The highest BCUT2D eigenvalue weighted by Gasteiger charge is 2.17. The third kappa shape index (κ3) is 4.75. The van der Waals surface area contributed by atoms with Crippen molar-refractivity contribution in [3.05, 3.63) is 46.6 Å². The topological polar surface area (TPSA) is 63.7 Å². The van der Waals surface area contributed by atoms with E-state index < -0.39 is 0 Å². The van der Waals surface area contributed by atoms with Crippen LogP contribution in [0.2, 0.25) is 10.0 Å². The highest BCUT2D eigenvalue weighted by molar-refractivity contribution is 6.42. The van der Waals surface area contributed by atoms with Crippen LogP contribution in [0.3, 0.4) is 0 Å². The van der Waals surface area contributed by atoms with E-state index in [4.69, 9.17) is 32.7 Å². The number of nitrogens with zero attached hydrogens (tertiary/aromatic N) is 2. The number of amides is 1. The standard InChI is InChI=1S/C17H17Cl2N3O3/c18-13-4-3-12(10-14(13)19)25-11-16(23)21-15-2-1-5-20-17(15)22-6-8-24-9-7-22/h1-5,10H,6-9,11H2,(H,21,23). The van der Waals surface area contributed by atoms with Gasteiger partial charge in [-0.25, -0.2) is 4.98 Å². The molecule has 3 rings (SSSR count). The van der Waals surface area contributed by atoms with Crippen LogP contribution in [-0.4, -0.2) is 43.8 Å². The Morgan fingerprint density at radius 1 is 1.24 bits per heavy atom. The minimum absolute atomic E-state index is 0.143. The van der Waals surface area contributed by atoms with E-state index in [1.165, 1.54) is 0 Å². The van der Waals surface area contributed by atoms with E-state index in [1.54, 1.807) is 30.5 Å². The molecule has 0 spiro atoms. The molecule has 1 saturated heterocycles. The fourth-order valence-electron chi connectivity index (χ4n) is 2.42. The zero-order chi connectivity index (χ0) is 17.6. The van der Waals surface area contributed by atoms with Gasteiger partial charge in [0.1, 0.15) is 5.75 Å². The molecule has 1 N–H and O–H groups in total. The van der Waals surface area contributed by atoms with Gasteiger partial charge in [0.2, 0.25) is 0 Å². The highest BCUT2D eigenvalue weighted by atomic mass is 35.5. The first-order valence-corrected chi connectivity index (χ1v) is 8.54. The molecule has 0 atom stereocenters. The van der Waals surface area contributed by atoms with E-state index in [-0.39, 0.29) is 12.5 Å². The van der Waals surface area contributed by atoms with Gasteiger partial charge in [0.25, 0.3) is 5.91 Å². The molecule has 0 aliphatic carbocycles. The summed E-state index contributed by atoms with van der Waals surface area (Å²) in [6, 6.07) is 8.44. The molecule has 1 aromatic heterocycles. The fraction of sp³-hybridized carbons (Fsp3) is 0.294. The Balaban J connectivity index is 1.61. The van der Waals surface area contributed by atoms with Gasteiger partial charge in [-0.2, -0.15) is 0 Å². The molecule has 132 valence electrons. The molecule has 0 saturated carbocycles. The quantitative estimate of drug-likeness (QED) is 0.860. The number of aromatic nitrogens is 1. The summed E-state index contributed by atoms with van der Waals surface area (Å²) in [5, 5.41) is 3.65. The molecule has 1 fully saturated rings. The van der Waals surface area contributed by atoms with E-state index >= 15 is 0 Å². The number of hydrogen-bond acceptors (Lipinski definition) is 5. The molecular formula is C17H17Cl2N3O3. The zero-order valence-electron chi connectivity index (χ0n) is 13.4. The lowest BCUT2D eigenvalue weighted by atomic mass is 10.3. The van der Waals surface area contributed by atoms with Crippen molar-refractivity contribution >= 4 is 40.6 Å². The van der Waals surface area contributed by atoms with Crippen molar-refractivity contribution in [3.63, 3.8) is 0 Å². The van der Waals surface area contributed by atoms with Gasteiger partial charge in [0.05, 0.1) is 28.9 Å². The van der Waals surface area contributed by atoms with Crippen molar-refractivity contribution in [2.45, 2.75) is 0 Å².